The van der Waals surface area contributed by atoms with E-state index in [-0.39, 0.29) is 16.7 Å². The first kappa shape index (κ1) is 16.0. The average molecular weight is 338 g/mol. The number of nitrogens with one attached hydrogen (secondary N) is 1. The minimum absolute atomic E-state index is 0.0570. The molecule has 25 heavy (non-hydrogen) atoms. The Morgan fingerprint density at radius 2 is 1.84 bits per heavy atom. The maximum Gasteiger partial charge on any atom is 0.311 e. The Morgan fingerprint density at radius 1 is 1.12 bits per heavy atom. The van der Waals surface area contributed by atoms with Crippen LogP contribution in [0, 0.1) is 10.1 Å². The number of hydrogen-bond acceptors (Lipinski definition) is 5. The SMILES string of the molecule is O=[N+]([O-])c1cccnc1NC1CC2CCC(C1)N2Cc1ccccc1. The molecule has 1 aromatic heterocycles. The van der Waals surface area contributed by atoms with Crippen molar-refractivity contribution in [2.75, 3.05) is 5.32 Å². The van der Waals surface area contributed by atoms with Gasteiger partial charge in [0.15, 0.2) is 0 Å². The molecule has 2 atom stereocenters. The minimum atomic E-state index is -0.367. The zero-order chi connectivity index (χ0) is 17.2. The number of hydrogen-bond donors (Lipinski definition) is 1. The fourth-order valence-corrected chi connectivity index (χ4v) is 4.29. The van der Waals surface area contributed by atoms with Crippen molar-refractivity contribution in [2.45, 2.75) is 50.4 Å². The summed E-state index contributed by atoms with van der Waals surface area (Å²) >= 11 is 0. The summed E-state index contributed by atoms with van der Waals surface area (Å²) in [5.74, 6) is 0.397. The molecule has 2 aliphatic heterocycles. The van der Waals surface area contributed by atoms with E-state index in [2.05, 4.69) is 39.5 Å². The first-order valence-electron chi connectivity index (χ1n) is 8.86. The van der Waals surface area contributed by atoms with Crippen molar-refractivity contribution in [3.63, 3.8) is 0 Å². The summed E-state index contributed by atoms with van der Waals surface area (Å²) in [6.07, 6.45) is 6.04. The van der Waals surface area contributed by atoms with Gasteiger partial charge >= 0.3 is 5.69 Å². The van der Waals surface area contributed by atoms with E-state index >= 15 is 0 Å². The van der Waals surface area contributed by atoms with Crippen LogP contribution in [0.1, 0.15) is 31.2 Å². The van der Waals surface area contributed by atoms with Gasteiger partial charge in [-0.1, -0.05) is 30.3 Å². The second-order valence-electron chi connectivity index (χ2n) is 6.98. The molecular weight excluding hydrogens is 316 g/mol. The highest BCUT2D eigenvalue weighted by Crippen LogP contribution is 2.38. The molecule has 0 amide bonds. The van der Waals surface area contributed by atoms with Crippen molar-refractivity contribution >= 4 is 11.5 Å². The standard InChI is InChI=1S/C19H22N4O2/c24-23(25)18-7-4-10-20-19(18)21-15-11-16-8-9-17(12-15)22(16)13-14-5-2-1-3-6-14/h1-7,10,15-17H,8-9,11-13H2,(H,20,21). The number of anilines is 1. The Kier molecular flexibility index (Phi) is 4.36. The molecule has 2 aliphatic rings. The van der Waals surface area contributed by atoms with Gasteiger partial charge in [0.25, 0.3) is 0 Å². The van der Waals surface area contributed by atoms with Crippen LogP contribution in [0.4, 0.5) is 11.5 Å². The predicted octanol–water partition coefficient (Wildman–Crippen LogP) is 3.60. The second-order valence-corrected chi connectivity index (χ2v) is 6.98. The Bertz CT molecular complexity index is 738. The van der Waals surface area contributed by atoms with Gasteiger partial charge in [-0.3, -0.25) is 15.0 Å². The van der Waals surface area contributed by atoms with Crippen LogP contribution in [0.3, 0.4) is 0 Å². The quantitative estimate of drug-likeness (QED) is 0.666. The van der Waals surface area contributed by atoms with E-state index in [1.165, 1.54) is 24.5 Å². The lowest BCUT2D eigenvalue weighted by molar-refractivity contribution is -0.384. The van der Waals surface area contributed by atoms with Crippen molar-refractivity contribution in [1.82, 2.24) is 9.88 Å². The van der Waals surface area contributed by atoms with Gasteiger partial charge in [0.05, 0.1) is 4.92 Å². The molecule has 3 heterocycles. The molecule has 2 unspecified atom stereocenters. The molecule has 2 fully saturated rings. The molecule has 1 N–H and O–H groups in total. The smallest absolute Gasteiger partial charge is 0.311 e. The molecule has 6 nitrogen and oxygen atoms in total. The highest BCUT2D eigenvalue weighted by Gasteiger charge is 2.40. The molecule has 2 aromatic rings. The van der Waals surface area contributed by atoms with Crippen molar-refractivity contribution in [1.29, 1.82) is 0 Å². The summed E-state index contributed by atoms with van der Waals surface area (Å²) in [7, 11) is 0. The van der Waals surface area contributed by atoms with Gasteiger partial charge in [-0.2, -0.15) is 0 Å². The third-order valence-corrected chi connectivity index (χ3v) is 5.42. The number of piperidine rings is 1. The zero-order valence-electron chi connectivity index (χ0n) is 14.0. The van der Waals surface area contributed by atoms with Crippen LogP contribution in [0.2, 0.25) is 0 Å². The van der Waals surface area contributed by atoms with Crippen molar-refractivity contribution in [2.24, 2.45) is 0 Å². The maximum absolute atomic E-state index is 11.2. The van der Waals surface area contributed by atoms with Gasteiger partial charge in [0.2, 0.25) is 5.82 Å². The van der Waals surface area contributed by atoms with Crippen LogP contribution < -0.4 is 5.32 Å². The Balaban J connectivity index is 1.44. The fraction of sp³-hybridized carbons (Fsp3) is 0.421. The van der Waals surface area contributed by atoms with Gasteiger partial charge in [-0.15, -0.1) is 0 Å². The van der Waals surface area contributed by atoms with E-state index in [4.69, 9.17) is 0 Å². The summed E-state index contributed by atoms with van der Waals surface area (Å²) in [5.41, 5.74) is 1.41. The lowest BCUT2D eigenvalue weighted by atomic mass is 9.96. The summed E-state index contributed by atoms with van der Waals surface area (Å²) in [6, 6.07) is 15.0. The molecular formula is C19H22N4O2. The molecule has 0 aliphatic carbocycles. The highest BCUT2D eigenvalue weighted by molar-refractivity contribution is 5.55. The number of pyridine rings is 1. The number of rotatable bonds is 5. The van der Waals surface area contributed by atoms with E-state index in [0.717, 1.165) is 19.4 Å². The van der Waals surface area contributed by atoms with Crippen molar-refractivity contribution < 1.29 is 4.92 Å². The maximum atomic E-state index is 11.2. The highest BCUT2D eigenvalue weighted by atomic mass is 16.6. The normalized spacial score (nSPS) is 25.7. The van der Waals surface area contributed by atoms with E-state index < -0.39 is 0 Å². The first-order chi connectivity index (χ1) is 12.2. The van der Waals surface area contributed by atoms with Crippen LogP contribution in [0.15, 0.2) is 48.7 Å². The molecule has 2 saturated heterocycles. The van der Waals surface area contributed by atoms with Crippen molar-refractivity contribution in [3.05, 3.63) is 64.3 Å². The number of fused-ring (bicyclic) bond motifs is 2. The van der Waals surface area contributed by atoms with E-state index in [1.807, 2.05) is 6.07 Å². The topological polar surface area (TPSA) is 71.3 Å². The van der Waals surface area contributed by atoms with Crippen LogP contribution >= 0.6 is 0 Å². The Labute approximate surface area is 147 Å². The molecule has 4 rings (SSSR count). The summed E-state index contributed by atoms with van der Waals surface area (Å²) in [5, 5.41) is 14.5. The van der Waals surface area contributed by atoms with E-state index in [0.29, 0.717) is 17.9 Å². The summed E-state index contributed by atoms with van der Waals surface area (Å²) in [4.78, 5) is 17.6. The molecule has 0 radical (unpaired) electrons. The molecule has 6 heteroatoms. The van der Waals surface area contributed by atoms with Crippen LogP contribution in [0.25, 0.3) is 0 Å². The lowest BCUT2D eigenvalue weighted by Gasteiger charge is -2.39. The molecule has 0 spiro atoms. The number of nitro groups is 1. The average Bonchev–Trinajstić information content (AvgIpc) is 2.85. The zero-order valence-corrected chi connectivity index (χ0v) is 14.0. The van der Waals surface area contributed by atoms with E-state index in [9.17, 15) is 10.1 Å². The van der Waals surface area contributed by atoms with Crippen LogP contribution in [-0.2, 0) is 6.54 Å². The minimum Gasteiger partial charge on any atom is -0.361 e. The number of benzene rings is 1. The van der Waals surface area contributed by atoms with Crippen LogP contribution in [0.5, 0.6) is 0 Å². The lowest BCUT2D eigenvalue weighted by Crippen LogP contribution is -2.46. The van der Waals surface area contributed by atoms with Gasteiger partial charge in [-0.25, -0.2) is 4.98 Å². The molecule has 130 valence electrons. The Hall–Kier alpha value is -2.47. The number of nitrogens with zero attached hydrogens (tertiary/aromatic N) is 3. The monoisotopic (exact) mass is 338 g/mol. The van der Waals surface area contributed by atoms with Gasteiger partial charge in [0, 0.05) is 36.9 Å². The third kappa shape index (κ3) is 3.35. The second kappa shape index (κ2) is 6.80. The van der Waals surface area contributed by atoms with Crippen LogP contribution in [-0.4, -0.2) is 32.9 Å². The first-order valence-corrected chi connectivity index (χ1v) is 8.86. The fourth-order valence-electron chi connectivity index (χ4n) is 4.29. The van der Waals surface area contributed by atoms with Gasteiger partial charge in [0.1, 0.15) is 0 Å². The molecule has 1 aromatic carbocycles. The molecule has 2 bridgehead atoms. The van der Waals surface area contributed by atoms with E-state index in [1.54, 1.807) is 12.3 Å². The summed E-state index contributed by atoms with van der Waals surface area (Å²) < 4.78 is 0. The number of aromatic nitrogens is 1. The summed E-state index contributed by atoms with van der Waals surface area (Å²) in [6.45, 7) is 0.993. The van der Waals surface area contributed by atoms with Gasteiger partial charge < -0.3 is 5.32 Å². The largest absolute Gasteiger partial charge is 0.361 e. The molecule has 0 saturated carbocycles. The Morgan fingerprint density at radius 3 is 2.52 bits per heavy atom. The predicted molar refractivity (Wildman–Crippen MR) is 96.3 cm³/mol. The van der Waals surface area contributed by atoms with Crippen molar-refractivity contribution in [3.8, 4) is 0 Å². The third-order valence-electron chi connectivity index (χ3n) is 5.42. The van der Waals surface area contributed by atoms with Gasteiger partial charge in [-0.05, 0) is 37.3 Å².